The van der Waals surface area contributed by atoms with Crippen molar-refractivity contribution in [2.24, 2.45) is 0 Å². The van der Waals surface area contributed by atoms with E-state index in [1.54, 1.807) is 6.92 Å². The maximum Gasteiger partial charge on any atom is 0.341 e. The summed E-state index contributed by atoms with van der Waals surface area (Å²) in [6.45, 7) is 7.64. The molecule has 1 aromatic heterocycles. The molecule has 0 aliphatic rings. The number of esters is 1. The molecule has 0 fully saturated rings. The van der Waals surface area contributed by atoms with Gasteiger partial charge >= 0.3 is 5.97 Å². The van der Waals surface area contributed by atoms with Gasteiger partial charge in [0.25, 0.3) is 5.91 Å². The number of ether oxygens (including phenoxy) is 1. The Hall–Kier alpha value is -3.08. The molecule has 0 bridgehead atoms. The Balaban J connectivity index is 1.74. The number of aromatic amines is 1. The van der Waals surface area contributed by atoms with Crippen LogP contribution in [0.25, 0.3) is 10.9 Å². The van der Waals surface area contributed by atoms with Crippen LogP contribution in [0.3, 0.4) is 0 Å². The van der Waals surface area contributed by atoms with Gasteiger partial charge in [-0.15, -0.1) is 0 Å². The number of hydrogen-bond acceptors (Lipinski definition) is 3. The van der Waals surface area contributed by atoms with E-state index >= 15 is 0 Å². The lowest BCUT2D eigenvalue weighted by Gasteiger charge is -2.18. The van der Waals surface area contributed by atoms with E-state index in [1.807, 2.05) is 55.5 Å². The average molecular weight is 378 g/mol. The quantitative estimate of drug-likeness (QED) is 0.581. The van der Waals surface area contributed by atoms with Gasteiger partial charge in [0.15, 0.2) is 6.10 Å². The van der Waals surface area contributed by atoms with E-state index < -0.39 is 12.1 Å². The molecule has 2 atom stereocenters. The highest BCUT2D eigenvalue weighted by Gasteiger charge is 2.23. The fraction of sp³-hybridized carbons (Fsp3) is 0.304. The van der Waals surface area contributed by atoms with Gasteiger partial charge in [-0.1, -0.05) is 50.2 Å². The Morgan fingerprint density at radius 1 is 1.07 bits per heavy atom. The van der Waals surface area contributed by atoms with Gasteiger partial charge in [0.1, 0.15) is 0 Å². The van der Waals surface area contributed by atoms with Gasteiger partial charge in [0.2, 0.25) is 0 Å². The first-order valence-electron chi connectivity index (χ1n) is 9.60. The zero-order valence-electron chi connectivity index (χ0n) is 16.7. The van der Waals surface area contributed by atoms with Crippen LogP contribution < -0.4 is 5.32 Å². The van der Waals surface area contributed by atoms with Crippen molar-refractivity contribution >= 4 is 28.5 Å². The molecule has 1 heterocycles. The molecule has 146 valence electrons. The van der Waals surface area contributed by atoms with Crippen molar-refractivity contribution < 1.29 is 14.3 Å². The number of aryl methyl sites for hydroxylation is 1. The highest BCUT2D eigenvalue weighted by atomic mass is 16.5. The van der Waals surface area contributed by atoms with Crippen LogP contribution in [0, 0.1) is 6.92 Å². The second kappa shape index (κ2) is 8.30. The molecule has 2 aromatic carbocycles. The van der Waals surface area contributed by atoms with Crippen LogP contribution >= 0.6 is 0 Å². The fourth-order valence-electron chi connectivity index (χ4n) is 3.31. The molecule has 3 rings (SSSR count). The SMILES string of the molecule is CCC(C)c1ccccc1NC(=O)C(C)OC(=O)c1c(C)[nH]c2ccccc12. The molecule has 0 aliphatic heterocycles. The van der Waals surface area contributed by atoms with Crippen molar-refractivity contribution in [2.75, 3.05) is 5.32 Å². The summed E-state index contributed by atoms with van der Waals surface area (Å²) in [7, 11) is 0. The molecule has 2 N–H and O–H groups in total. The predicted octanol–water partition coefficient (Wildman–Crippen LogP) is 5.17. The number of rotatable bonds is 6. The summed E-state index contributed by atoms with van der Waals surface area (Å²) in [5, 5.41) is 3.70. The first-order valence-corrected chi connectivity index (χ1v) is 9.60. The number of carbonyl (C=O) groups excluding carboxylic acids is 2. The largest absolute Gasteiger partial charge is 0.449 e. The second-order valence-corrected chi connectivity index (χ2v) is 7.10. The third-order valence-corrected chi connectivity index (χ3v) is 5.11. The minimum Gasteiger partial charge on any atom is -0.449 e. The van der Waals surface area contributed by atoms with Crippen LogP contribution in [-0.2, 0) is 9.53 Å². The van der Waals surface area contributed by atoms with E-state index in [0.717, 1.165) is 34.3 Å². The van der Waals surface area contributed by atoms with Crippen LogP contribution in [0.2, 0.25) is 0 Å². The number of amides is 1. The highest BCUT2D eigenvalue weighted by molar-refractivity contribution is 6.06. The van der Waals surface area contributed by atoms with Gasteiger partial charge in [-0.2, -0.15) is 0 Å². The maximum atomic E-state index is 12.7. The molecule has 0 radical (unpaired) electrons. The van der Waals surface area contributed by atoms with E-state index in [0.29, 0.717) is 11.5 Å². The average Bonchev–Trinajstić information content (AvgIpc) is 3.03. The number of H-pyrrole nitrogens is 1. The highest BCUT2D eigenvalue weighted by Crippen LogP contribution is 2.27. The summed E-state index contributed by atoms with van der Waals surface area (Å²) in [5.74, 6) is -0.530. The Labute approximate surface area is 165 Å². The lowest BCUT2D eigenvalue weighted by atomic mass is 9.97. The summed E-state index contributed by atoms with van der Waals surface area (Å²) < 4.78 is 5.47. The number of anilines is 1. The Kier molecular flexibility index (Phi) is 5.83. The van der Waals surface area contributed by atoms with Crippen LogP contribution in [0.4, 0.5) is 5.69 Å². The number of aromatic nitrogens is 1. The first kappa shape index (κ1) is 19.7. The molecule has 0 saturated carbocycles. The lowest BCUT2D eigenvalue weighted by molar-refractivity contribution is -0.123. The van der Waals surface area contributed by atoms with E-state index in [9.17, 15) is 9.59 Å². The van der Waals surface area contributed by atoms with Gasteiger partial charge in [0, 0.05) is 22.3 Å². The fourth-order valence-corrected chi connectivity index (χ4v) is 3.31. The van der Waals surface area contributed by atoms with Crippen molar-refractivity contribution in [1.29, 1.82) is 0 Å². The standard InChI is InChI=1S/C23H26N2O3/c1-5-14(2)17-10-6-8-12-19(17)25-22(26)16(4)28-23(27)21-15(3)24-20-13-9-7-11-18(20)21/h6-14,16,24H,5H2,1-4H3,(H,25,26). The molecular formula is C23H26N2O3. The molecular weight excluding hydrogens is 352 g/mol. The van der Waals surface area contributed by atoms with E-state index in [4.69, 9.17) is 4.74 Å². The number of nitrogens with one attached hydrogen (secondary N) is 2. The van der Waals surface area contributed by atoms with E-state index in [1.165, 1.54) is 0 Å². The maximum absolute atomic E-state index is 12.7. The molecule has 2 unspecified atom stereocenters. The van der Waals surface area contributed by atoms with Crippen molar-refractivity contribution in [3.8, 4) is 0 Å². The van der Waals surface area contributed by atoms with Crippen molar-refractivity contribution in [1.82, 2.24) is 4.98 Å². The number of para-hydroxylation sites is 2. The number of hydrogen-bond donors (Lipinski definition) is 2. The molecule has 0 saturated heterocycles. The minimum absolute atomic E-state index is 0.322. The molecule has 28 heavy (non-hydrogen) atoms. The van der Waals surface area contributed by atoms with Gasteiger partial charge < -0.3 is 15.0 Å². The molecule has 1 amide bonds. The summed E-state index contributed by atoms with van der Waals surface area (Å²) in [6.07, 6.45) is 0.0580. The topological polar surface area (TPSA) is 71.2 Å². The predicted molar refractivity (Wildman–Crippen MR) is 112 cm³/mol. The third-order valence-electron chi connectivity index (χ3n) is 5.11. The second-order valence-electron chi connectivity index (χ2n) is 7.10. The van der Waals surface area contributed by atoms with E-state index in [2.05, 4.69) is 24.1 Å². The summed E-state index contributed by atoms with van der Waals surface area (Å²) in [4.78, 5) is 28.5. The Morgan fingerprint density at radius 2 is 1.75 bits per heavy atom. The zero-order valence-corrected chi connectivity index (χ0v) is 16.7. The summed E-state index contributed by atoms with van der Waals surface area (Å²) in [5.41, 5.74) is 3.89. The lowest BCUT2D eigenvalue weighted by Crippen LogP contribution is -2.30. The van der Waals surface area contributed by atoms with Crippen molar-refractivity contribution in [3.05, 3.63) is 65.4 Å². The van der Waals surface area contributed by atoms with Crippen LogP contribution in [-0.4, -0.2) is 23.0 Å². The van der Waals surface area contributed by atoms with Crippen molar-refractivity contribution in [3.63, 3.8) is 0 Å². The molecule has 0 spiro atoms. The van der Waals surface area contributed by atoms with Gasteiger partial charge in [-0.25, -0.2) is 4.79 Å². The first-order chi connectivity index (χ1) is 13.4. The summed E-state index contributed by atoms with van der Waals surface area (Å²) in [6, 6.07) is 15.3. The molecule has 5 heteroatoms. The normalized spacial score (nSPS) is 13.1. The monoisotopic (exact) mass is 378 g/mol. The smallest absolute Gasteiger partial charge is 0.341 e. The van der Waals surface area contributed by atoms with Gasteiger partial charge in [-0.3, -0.25) is 4.79 Å². The van der Waals surface area contributed by atoms with Gasteiger partial charge in [0.05, 0.1) is 5.56 Å². The van der Waals surface area contributed by atoms with Crippen LogP contribution in [0.5, 0.6) is 0 Å². The Bertz CT molecular complexity index is 1010. The van der Waals surface area contributed by atoms with E-state index in [-0.39, 0.29) is 5.91 Å². The number of benzene rings is 2. The van der Waals surface area contributed by atoms with Crippen molar-refractivity contribution in [2.45, 2.75) is 46.1 Å². The zero-order chi connectivity index (χ0) is 20.3. The Morgan fingerprint density at radius 3 is 2.50 bits per heavy atom. The molecule has 5 nitrogen and oxygen atoms in total. The number of fused-ring (bicyclic) bond motifs is 1. The van der Waals surface area contributed by atoms with Crippen LogP contribution in [0.1, 0.15) is 54.7 Å². The summed E-state index contributed by atoms with van der Waals surface area (Å²) >= 11 is 0. The third kappa shape index (κ3) is 3.93. The number of carbonyl (C=O) groups is 2. The molecule has 3 aromatic rings. The minimum atomic E-state index is -0.912. The van der Waals surface area contributed by atoms with Gasteiger partial charge in [-0.05, 0) is 43.9 Å². The van der Waals surface area contributed by atoms with Crippen LogP contribution in [0.15, 0.2) is 48.5 Å². The molecule has 0 aliphatic carbocycles.